The van der Waals surface area contributed by atoms with Crippen LogP contribution in [0, 0.1) is 4.64 Å². The van der Waals surface area contributed by atoms with Crippen molar-refractivity contribution in [2.24, 2.45) is 0 Å². The van der Waals surface area contributed by atoms with E-state index in [0.717, 1.165) is 10.6 Å². The fraction of sp³-hybridized carbons (Fsp3) is 0.769. The third-order valence-corrected chi connectivity index (χ3v) is 4.57. The summed E-state index contributed by atoms with van der Waals surface area (Å²) in [5.74, 6) is 0.754. The van der Waals surface area contributed by atoms with Crippen molar-refractivity contribution in [2.75, 3.05) is 0 Å². The van der Waals surface area contributed by atoms with Crippen molar-refractivity contribution in [3.05, 3.63) is 16.4 Å². The van der Waals surface area contributed by atoms with Crippen molar-refractivity contribution in [3.8, 4) is 0 Å². The molecule has 1 N–H and O–H groups in total. The number of nitrogens with one attached hydrogen (secondary N) is 1. The van der Waals surface area contributed by atoms with E-state index in [9.17, 15) is 0 Å². The largest absolute Gasteiger partial charge is 0.301 e. The number of rotatable bonds is 2. The minimum absolute atomic E-state index is 0.655. The van der Waals surface area contributed by atoms with Gasteiger partial charge < -0.3 is 5.10 Å². The lowest BCUT2D eigenvalue weighted by Crippen LogP contribution is -2.07. The second-order valence-corrected chi connectivity index (χ2v) is 5.76. The Morgan fingerprint density at radius 2 is 1.69 bits per heavy atom. The van der Waals surface area contributed by atoms with Gasteiger partial charge in [0, 0.05) is 11.6 Å². The predicted molar refractivity (Wildman–Crippen MR) is 68.3 cm³/mol. The van der Waals surface area contributed by atoms with Gasteiger partial charge in [-0.3, -0.25) is 4.68 Å². The molecule has 1 aromatic rings. The molecule has 2 fully saturated rings. The molecule has 1 heterocycles. The van der Waals surface area contributed by atoms with Crippen LogP contribution in [-0.2, 0) is 0 Å². The van der Waals surface area contributed by atoms with Crippen LogP contribution in [-0.4, -0.2) is 9.78 Å². The maximum atomic E-state index is 5.48. The van der Waals surface area contributed by atoms with Gasteiger partial charge in [-0.15, -0.1) is 0 Å². The molecule has 2 nitrogen and oxygen atoms in total. The quantitative estimate of drug-likeness (QED) is 0.758. The molecule has 0 bridgehead atoms. The Hall–Kier alpha value is -0.570. The smallest absolute Gasteiger partial charge is 0.122 e. The standard InChI is InChI=1S/C13H20N2S/c16-13-9-12(10-5-1-2-6-10)14-15(13)11-7-3-4-8-11/h9-11,14H,1-8H2. The average molecular weight is 236 g/mol. The number of hydrogen-bond acceptors (Lipinski definition) is 1. The SMILES string of the molecule is S=c1cc(C2CCCC2)[nH]n1C1CCCC1. The van der Waals surface area contributed by atoms with Crippen LogP contribution in [0.3, 0.4) is 0 Å². The number of H-pyrrole nitrogens is 1. The first kappa shape index (κ1) is 10.6. The molecule has 1 aromatic heterocycles. The molecule has 3 rings (SSSR count). The van der Waals surface area contributed by atoms with E-state index in [1.807, 2.05) is 0 Å². The van der Waals surface area contributed by atoms with Crippen molar-refractivity contribution >= 4 is 12.2 Å². The van der Waals surface area contributed by atoms with Gasteiger partial charge in [0.25, 0.3) is 0 Å². The molecule has 2 saturated carbocycles. The molecule has 0 radical (unpaired) electrons. The molecule has 0 saturated heterocycles. The van der Waals surface area contributed by atoms with Crippen molar-refractivity contribution in [1.29, 1.82) is 0 Å². The van der Waals surface area contributed by atoms with E-state index in [4.69, 9.17) is 12.2 Å². The van der Waals surface area contributed by atoms with E-state index in [1.54, 1.807) is 0 Å². The van der Waals surface area contributed by atoms with Gasteiger partial charge in [0.1, 0.15) is 4.64 Å². The molecular weight excluding hydrogens is 216 g/mol. The Bertz CT molecular complexity index is 406. The summed E-state index contributed by atoms with van der Waals surface area (Å²) < 4.78 is 3.28. The van der Waals surface area contributed by atoms with E-state index in [1.165, 1.54) is 57.1 Å². The Balaban J connectivity index is 1.85. The van der Waals surface area contributed by atoms with Crippen LogP contribution in [0.1, 0.15) is 69.0 Å². The summed E-state index contributed by atoms with van der Waals surface area (Å²) in [5, 5.41) is 3.58. The van der Waals surface area contributed by atoms with Crippen LogP contribution in [0.25, 0.3) is 0 Å². The van der Waals surface area contributed by atoms with E-state index < -0.39 is 0 Å². The molecule has 0 aliphatic heterocycles. The Labute approximate surface area is 102 Å². The van der Waals surface area contributed by atoms with E-state index in [0.29, 0.717) is 6.04 Å². The zero-order valence-electron chi connectivity index (χ0n) is 9.74. The van der Waals surface area contributed by atoms with E-state index in [-0.39, 0.29) is 0 Å². The molecule has 0 aromatic carbocycles. The summed E-state index contributed by atoms with van der Waals surface area (Å²) in [6.45, 7) is 0. The maximum Gasteiger partial charge on any atom is 0.122 e. The summed E-state index contributed by atoms with van der Waals surface area (Å²) in [4.78, 5) is 0. The molecule has 2 aliphatic carbocycles. The maximum absolute atomic E-state index is 5.48. The first-order valence-electron chi connectivity index (χ1n) is 6.66. The average Bonchev–Trinajstić information content (AvgIpc) is 2.97. The molecule has 16 heavy (non-hydrogen) atoms. The summed E-state index contributed by atoms with van der Waals surface area (Å²) >= 11 is 5.48. The van der Waals surface area contributed by atoms with Gasteiger partial charge in [-0.2, -0.15) is 0 Å². The summed E-state index contributed by atoms with van der Waals surface area (Å²) in [7, 11) is 0. The van der Waals surface area contributed by atoms with Crippen LogP contribution in [0.2, 0.25) is 0 Å². The Kier molecular flexibility index (Phi) is 2.88. The first-order chi connectivity index (χ1) is 7.84. The zero-order chi connectivity index (χ0) is 11.0. The third kappa shape index (κ3) is 1.86. The van der Waals surface area contributed by atoms with Crippen LogP contribution in [0.15, 0.2) is 6.07 Å². The van der Waals surface area contributed by atoms with E-state index in [2.05, 4.69) is 15.8 Å². The lowest BCUT2D eigenvalue weighted by atomic mass is 10.1. The lowest BCUT2D eigenvalue weighted by Gasteiger charge is -2.12. The van der Waals surface area contributed by atoms with Crippen LogP contribution >= 0.6 is 12.2 Å². The molecule has 0 amide bonds. The van der Waals surface area contributed by atoms with Crippen molar-refractivity contribution in [1.82, 2.24) is 9.78 Å². The van der Waals surface area contributed by atoms with Crippen molar-refractivity contribution < 1.29 is 0 Å². The Morgan fingerprint density at radius 3 is 2.38 bits per heavy atom. The van der Waals surface area contributed by atoms with Crippen LogP contribution in [0.4, 0.5) is 0 Å². The van der Waals surface area contributed by atoms with Gasteiger partial charge in [0.15, 0.2) is 0 Å². The van der Waals surface area contributed by atoms with Gasteiger partial charge in [-0.1, -0.05) is 37.9 Å². The van der Waals surface area contributed by atoms with Gasteiger partial charge in [0.2, 0.25) is 0 Å². The zero-order valence-corrected chi connectivity index (χ0v) is 10.6. The van der Waals surface area contributed by atoms with Crippen molar-refractivity contribution in [3.63, 3.8) is 0 Å². The number of hydrogen-bond donors (Lipinski definition) is 1. The van der Waals surface area contributed by atoms with Gasteiger partial charge in [-0.25, -0.2) is 0 Å². The third-order valence-electron chi connectivity index (χ3n) is 4.25. The second kappa shape index (κ2) is 4.36. The van der Waals surface area contributed by atoms with Crippen molar-refractivity contribution in [2.45, 2.75) is 63.3 Å². The number of aromatic amines is 1. The highest BCUT2D eigenvalue weighted by molar-refractivity contribution is 7.71. The molecule has 3 heteroatoms. The molecule has 0 unspecified atom stereocenters. The highest BCUT2D eigenvalue weighted by Gasteiger charge is 2.22. The molecule has 0 spiro atoms. The van der Waals surface area contributed by atoms with Crippen LogP contribution in [0.5, 0.6) is 0 Å². The molecule has 0 atom stereocenters. The number of nitrogens with zero attached hydrogens (tertiary/aromatic N) is 1. The summed E-state index contributed by atoms with van der Waals surface area (Å²) in [5.41, 5.74) is 1.40. The monoisotopic (exact) mass is 236 g/mol. The Morgan fingerprint density at radius 1 is 1.06 bits per heavy atom. The molecular formula is C13H20N2S. The first-order valence-corrected chi connectivity index (χ1v) is 7.07. The highest BCUT2D eigenvalue weighted by Crippen LogP contribution is 2.35. The summed E-state index contributed by atoms with van der Waals surface area (Å²) in [6, 6.07) is 2.87. The topological polar surface area (TPSA) is 20.7 Å². The molecule has 88 valence electrons. The van der Waals surface area contributed by atoms with Gasteiger partial charge in [-0.05, 0) is 31.7 Å². The predicted octanol–water partition coefficient (Wildman–Crippen LogP) is 4.32. The minimum Gasteiger partial charge on any atom is -0.301 e. The van der Waals surface area contributed by atoms with Crippen LogP contribution < -0.4 is 0 Å². The van der Waals surface area contributed by atoms with Gasteiger partial charge in [0.05, 0.1) is 6.04 Å². The lowest BCUT2D eigenvalue weighted by molar-refractivity contribution is 0.454. The fourth-order valence-electron chi connectivity index (χ4n) is 3.31. The molecule has 2 aliphatic rings. The minimum atomic E-state index is 0.655. The summed E-state index contributed by atoms with van der Waals surface area (Å²) in [6.07, 6.45) is 10.8. The fourth-order valence-corrected chi connectivity index (χ4v) is 3.63. The second-order valence-electron chi connectivity index (χ2n) is 5.34. The number of aromatic nitrogens is 2. The normalized spacial score (nSPS) is 23.2. The van der Waals surface area contributed by atoms with E-state index >= 15 is 0 Å². The van der Waals surface area contributed by atoms with Gasteiger partial charge >= 0.3 is 0 Å². The highest BCUT2D eigenvalue weighted by atomic mass is 32.1.